The highest BCUT2D eigenvalue weighted by atomic mass is 19.4. The summed E-state index contributed by atoms with van der Waals surface area (Å²) in [4.78, 5) is 19.4. The molecule has 3 rings (SSSR count). The molecule has 138 valence electrons. The molecule has 1 heterocycles. The number of aromatic amines is 1. The van der Waals surface area contributed by atoms with Gasteiger partial charge >= 0.3 is 6.18 Å². The van der Waals surface area contributed by atoms with Gasteiger partial charge in [-0.05, 0) is 30.3 Å². The maximum absolute atomic E-state index is 12.6. The highest BCUT2D eigenvalue weighted by Crippen LogP contribution is 2.29. The summed E-state index contributed by atoms with van der Waals surface area (Å²) in [7, 11) is 0. The van der Waals surface area contributed by atoms with Crippen LogP contribution in [0.5, 0.6) is 0 Å². The molecule has 0 saturated carbocycles. The summed E-state index contributed by atoms with van der Waals surface area (Å²) in [6.07, 6.45) is -3.70. The van der Waals surface area contributed by atoms with Gasteiger partial charge in [0.15, 0.2) is 0 Å². The summed E-state index contributed by atoms with van der Waals surface area (Å²) in [6.45, 7) is 0.0647. The van der Waals surface area contributed by atoms with Crippen molar-refractivity contribution in [3.8, 4) is 11.8 Å². The summed E-state index contributed by atoms with van der Waals surface area (Å²) in [5, 5.41) is 2.63. The second kappa shape index (κ2) is 7.96. The average Bonchev–Trinajstić information content (AvgIpc) is 3.06. The van der Waals surface area contributed by atoms with E-state index in [1.807, 2.05) is 24.3 Å². The topological polar surface area (TPSA) is 57.8 Å². The Morgan fingerprint density at radius 1 is 1.15 bits per heavy atom. The van der Waals surface area contributed by atoms with Crippen LogP contribution in [0.3, 0.4) is 0 Å². The number of alkyl halides is 3. The zero-order valence-electron chi connectivity index (χ0n) is 14.2. The summed E-state index contributed by atoms with van der Waals surface area (Å²) in [5.41, 5.74) is 1.27. The quantitative estimate of drug-likeness (QED) is 0.688. The first-order valence-electron chi connectivity index (χ1n) is 8.28. The van der Waals surface area contributed by atoms with Crippen LogP contribution in [0.4, 0.5) is 13.2 Å². The number of carbonyl (C=O) groups is 1. The Balaban J connectivity index is 1.48. The molecule has 4 nitrogen and oxygen atoms in total. The number of imidazole rings is 1. The maximum Gasteiger partial charge on any atom is 0.416 e. The Morgan fingerprint density at radius 3 is 2.74 bits per heavy atom. The standard InChI is InChI=1S/C20H16F3N3O/c21-20(22,23)15-7-3-5-14(13-15)6-4-12-24-19(27)11-10-18-25-16-8-1-2-9-17(16)26-18/h1-3,5,7-9,13H,10-12H2,(H,24,27)(H,25,26). The highest BCUT2D eigenvalue weighted by Gasteiger charge is 2.30. The number of para-hydroxylation sites is 2. The number of halogens is 3. The fourth-order valence-corrected chi connectivity index (χ4v) is 2.51. The molecule has 0 aliphatic heterocycles. The van der Waals surface area contributed by atoms with E-state index >= 15 is 0 Å². The zero-order chi connectivity index (χ0) is 19.3. The van der Waals surface area contributed by atoms with Crippen LogP contribution in [0.1, 0.15) is 23.4 Å². The molecule has 0 bridgehead atoms. The minimum Gasteiger partial charge on any atom is -0.345 e. The lowest BCUT2D eigenvalue weighted by Gasteiger charge is -2.05. The molecule has 0 unspecified atom stereocenters. The number of fused-ring (bicyclic) bond motifs is 1. The molecule has 1 amide bonds. The van der Waals surface area contributed by atoms with Crippen molar-refractivity contribution < 1.29 is 18.0 Å². The van der Waals surface area contributed by atoms with E-state index in [4.69, 9.17) is 0 Å². The number of aromatic nitrogens is 2. The van der Waals surface area contributed by atoms with Crippen molar-refractivity contribution in [2.24, 2.45) is 0 Å². The van der Waals surface area contributed by atoms with Crippen molar-refractivity contribution in [1.29, 1.82) is 0 Å². The van der Waals surface area contributed by atoms with Gasteiger partial charge in [-0.3, -0.25) is 4.79 Å². The third kappa shape index (κ3) is 5.11. The van der Waals surface area contributed by atoms with Gasteiger partial charge in [0.05, 0.1) is 23.1 Å². The first-order chi connectivity index (χ1) is 12.9. The van der Waals surface area contributed by atoms with Crippen LogP contribution in [0.2, 0.25) is 0 Å². The second-order valence-corrected chi connectivity index (χ2v) is 5.86. The van der Waals surface area contributed by atoms with E-state index < -0.39 is 11.7 Å². The number of aryl methyl sites for hydroxylation is 1. The number of rotatable bonds is 4. The molecule has 0 saturated heterocycles. The third-order valence-electron chi connectivity index (χ3n) is 3.82. The number of H-pyrrole nitrogens is 1. The Morgan fingerprint density at radius 2 is 1.96 bits per heavy atom. The minimum atomic E-state index is -4.40. The lowest BCUT2D eigenvalue weighted by molar-refractivity contribution is -0.137. The van der Waals surface area contributed by atoms with E-state index in [1.165, 1.54) is 12.1 Å². The molecule has 0 aliphatic carbocycles. The van der Waals surface area contributed by atoms with Crippen molar-refractivity contribution in [2.45, 2.75) is 19.0 Å². The first-order valence-corrected chi connectivity index (χ1v) is 8.28. The van der Waals surface area contributed by atoms with Crippen LogP contribution in [-0.4, -0.2) is 22.4 Å². The van der Waals surface area contributed by atoms with Gasteiger partial charge in [0.2, 0.25) is 5.91 Å². The van der Waals surface area contributed by atoms with E-state index in [2.05, 4.69) is 27.1 Å². The molecule has 3 aromatic rings. The molecular weight excluding hydrogens is 355 g/mol. The molecule has 2 N–H and O–H groups in total. The summed E-state index contributed by atoms with van der Waals surface area (Å²) in [6, 6.07) is 12.4. The number of carbonyl (C=O) groups excluding carboxylic acids is 1. The van der Waals surface area contributed by atoms with Gasteiger partial charge < -0.3 is 10.3 Å². The first kappa shape index (κ1) is 18.5. The molecule has 7 heteroatoms. The van der Waals surface area contributed by atoms with Crippen molar-refractivity contribution in [3.63, 3.8) is 0 Å². The van der Waals surface area contributed by atoms with Gasteiger partial charge in [0.25, 0.3) is 0 Å². The smallest absolute Gasteiger partial charge is 0.345 e. The van der Waals surface area contributed by atoms with Crippen LogP contribution in [0, 0.1) is 11.8 Å². The number of benzene rings is 2. The van der Waals surface area contributed by atoms with E-state index in [-0.39, 0.29) is 24.4 Å². The predicted molar refractivity (Wildman–Crippen MR) is 95.7 cm³/mol. The maximum atomic E-state index is 12.6. The second-order valence-electron chi connectivity index (χ2n) is 5.86. The van der Waals surface area contributed by atoms with Gasteiger partial charge in [-0.15, -0.1) is 0 Å². The van der Waals surface area contributed by atoms with Gasteiger partial charge in [-0.2, -0.15) is 13.2 Å². The van der Waals surface area contributed by atoms with E-state index in [0.717, 1.165) is 29.0 Å². The number of hydrogen-bond acceptors (Lipinski definition) is 2. The van der Waals surface area contributed by atoms with E-state index in [9.17, 15) is 18.0 Å². The highest BCUT2D eigenvalue weighted by molar-refractivity contribution is 5.77. The van der Waals surface area contributed by atoms with Crippen molar-refractivity contribution in [3.05, 3.63) is 65.5 Å². The minimum absolute atomic E-state index is 0.0647. The summed E-state index contributed by atoms with van der Waals surface area (Å²) < 4.78 is 37.9. The Kier molecular flexibility index (Phi) is 5.46. The molecule has 1 aromatic heterocycles. The predicted octanol–water partition coefficient (Wildman–Crippen LogP) is 3.68. The van der Waals surface area contributed by atoms with Gasteiger partial charge in [0.1, 0.15) is 5.82 Å². The SMILES string of the molecule is O=C(CCc1nc2ccccc2[nH]1)NCC#Cc1cccc(C(F)(F)F)c1. The fraction of sp³-hybridized carbons (Fsp3) is 0.200. The summed E-state index contributed by atoms with van der Waals surface area (Å²) >= 11 is 0. The molecule has 0 spiro atoms. The molecule has 0 fully saturated rings. The molecular formula is C20H16F3N3O. The van der Waals surface area contributed by atoms with Gasteiger partial charge in [-0.25, -0.2) is 4.98 Å². The molecule has 0 radical (unpaired) electrons. The fourth-order valence-electron chi connectivity index (χ4n) is 2.51. The van der Waals surface area contributed by atoms with Crippen molar-refractivity contribution in [1.82, 2.24) is 15.3 Å². The van der Waals surface area contributed by atoms with Crippen LogP contribution in [0.15, 0.2) is 48.5 Å². The number of nitrogens with zero attached hydrogens (tertiary/aromatic N) is 1. The van der Waals surface area contributed by atoms with Gasteiger partial charge in [-0.1, -0.05) is 30.0 Å². The molecule has 2 aromatic carbocycles. The zero-order valence-corrected chi connectivity index (χ0v) is 14.2. The van der Waals surface area contributed by atoms with Crippen molar-refractivity contribution >= 4 is 16.9 Å². The molecule has 0 aliphatic rings. The third-order valence-corrected chi connectivity index (χ3v) is 3.82. The number of amides is 1. The van der Waals surface area contributed by atoms with E-state index in [0.29, 0.717) is 6.42 Å². The monoisotopic (exact) mass is 371 g/mol. The molecule has 0 atom stereocenters. The summed E-state index contributed by atoms with van der Waals surface area (Å²) in [5.74, 6) is 5.80. The Bertz CT molecular complexity index is 979. The van der Waals surface area contributed by atoms with Gasteiger partial charge in [0, 0.05) is 18.4 Å². The average molecular weight is 371 g/mol. The van der Waals surface area contributed by atoms with Crippen LogP contribution in [0.25, 0.3) is 11.0 Å². The van der Waals surface area contributed by atoms with Crippen LogP contribution in [-0.2, 0) is 17.4 Å². The van der Waals surface area contributed by atoms with Crippen LogP contribution >= 0.6 is 0 Å². The van der Waals surface area contributed by atoms with E-state index in [1.54, 1.807) is 0 Å². The lowest BCUT2D eigenvalue weighted by Crippen LogP contribution is -2.23. The van der Waals surface area contributed by atoms with Crippen LogP contribution < -0.4 is 5.32 Å². The lowest BCUT2D eigenvalue weighted by atomic mass is 10.1. The normalized spacial score (nSPS) is 11.1. The Hall–Kier alpha value is -3.27. The Labute approximate surface area is 153 Å². The largest absolute Gasteiger partial charge is 0.416 e. The molecule has 27 heavy (non-hydrogen) atoms. The van der Waals surface area contributed by atoms with Crippen molar-refractivity contribution in [2.75, 3.05) is 6.54 Å². The number of hydrogen-bond donors (Lipinski definition) is 2. The number of nitrogens with one attached hydrogen (secondary N) is 2.